The Hall–Kier alpha value is -2.62. The Morgan fingerprint density at radius 3 is 2.57 bits per heavy atom. The molecule has 0 aliphatic carbocycles. The van der Waals surface area contributed by atoms with Gasteiger partial charge in [0.1, 0.15) is 5.82 Å². The first kappa shape index (κ1) is 14.8. The van der Waals surface area contributed by atoms with E-state index in [0.29, 0.717) is 0 Å². The third-order valence-electron chi connectivity index (χ3n) is 3.11. The number of carboxylic acid groups (broad SMARTS) is 1. The molecule has 0 saturated heterocycles. The zero-order valence-corrected chi connectivity index (χ0v) is 11.9. The Balaban J connectivity index is 2.10. The summed E-state index contributed by atoms with van der Waals surface area (Å²) in [6.45, 7) is 3.74. The molecule has 0 atom stereocenters. The summed E-state index contributed by atoms with van der Waals surface area (Å²) in [5, 5.41) is 8.60. The zero-order chi connectivity index (χ0) is 15.1. The Morgan fingerprint density at radius 2 is 2.00 bits per heavy atom. The van der Waals surface area contributed by atoms with E-state index < -0.39 is 5.97 Å². The molecule has 0 unspecified atom stereocenters. The van der Waals surface area contributed by atoms with E-state index in [2.05, 4.69) is 28.9 Å². The maximum Gasteiger partial charge on any atom is 0.328 e. The second kappa shape index (κ2) is 7.24. The van der Waals surface area contributed by atoms with Gasteiger partial charge in [0.05, 0.1) is 0 Å². The highest BCUT2D eigenvalue weighted by Gasteiger charge is 2.06. The minimum atomic E-state index is -0.960. The standard InChI is InChI=1S/C17H18N2O2/c1-2-19(13-15-6-4-3-5-7-15)16-10-8-14(12-18-16)9-11-17(20)21/h3-12H,2,13H2,1H3,(H,20,21)/b11-9+. The third-order valence-corrected chi connectivity index (χ3v) is 3.11. The highest BCUT2D eigenvalue weighted by molar-refractivity contribution is 5.85. The molecule has 0 amide bonds. The van der Waals surface area contributed by atoms with Gasteiger partial charge < -0.3 is 10.0 Å². The first-order valence-corrected chi connectivity index (χ1v) is 6.85. The molecule has 1 aromatic carbocycles. The Morgan fingerprint density at radius 1 is 1.24 bits per heavy atom. The highest BCUT2D eigenvalue weighted by atomic mass is 16.4. The smallest absolute Gasteiger partial charge is 0.328 e. The molecule has 2 aromatic rings. The number of rotatable bonds is 6. The van der Waals surface area contributed by atoms with Crippen molar-refractivity contribution in [3.63, 3.8) is 0 Å². The minimum absolute atomic E-state index is 0.775. The van der Waals surface area contributed by atoms with Crippen LogP contribution < -0.4 is 4.90 Å². The van der Waals surface area contributed by atoms with E-state index in [1.807, 2.05) is 30.3 Å². The number of carbonyl (C=O) groups is 1. The van der Waals surface area contributed by atoms with Crippen LogP contribution in [0.5, 0.6) is 0 Å². The van der Waals surface area contributed by atoms with Gasteiger partial charge in [-0.05, 0) is 36.3 Å². The van der Waals surface area contributed by atoms with Gasteiger partial charge in [-0.1, -0.05) is 30.3 Å². The third kappa shape index (κ3) is 4.45. The molecule has 4 heteroatoms. The van der Waals surface area contributed by atoms with E-state index in [9.17, 15) is 4.79 Å². The number of aliphatic carboxylic acids is 1. The number of anilines is 1. The van der Waals surface area contributed by atoms with Crippen molar-refractivity contribution in [3.8, 4) is 0 Å². The lowest BCUT2D eigenvalue weighted by molar-refractivity contribution is -0.131. The van der Waals surface area contributed by atoms with Crippen LogP contribution in [0.25, 0.3) is 6.08 Å². The van der Waals surface area contributed by atoms with Crippen LogP contribution in [0.4, 0.5) is 5.82 Å². The molecule has 108 valence electrons. The average molecular weight is 282 g/mol. The molecule has 0 spiro atoms. The van der Waals surface area contributed by atoms with E-state index in [1.165, 1.54) is 11.6 Å². The summed E-state index contributed by atoms with van der Waals surface area (Å²) in [6.07, 6.45) is 4.33. The van der Waals surface area contributed by atoms with Crippen LogP contribution in [0, 0.1) is 0 Å². The number of carboxylic acids is 1. The van der Waals surface area contributed by atoms with E-state index in [0.717, 1.165) is 30.5 Å². The summed E-state index contributed by atoms with van der Waals surface area (Å²) in [7, 11) is 0. The van der Waals surface area contributed by atoms with E-state index in [1.54, 1.807) is 6.20 Å². The number of hydrogen-bond donors (Lipinski definition) is 1. The van der Waals surface area contributed by atoms with E-state index in [4.69, 9.17) is 5.11 Å². The van der Waals surface area contributed by atoms with Crippen LogP contribution in [0.1, 0.15) is 18.1 Å². The van der Waals surface area contributed by atoms with Crippen molar-refractivity contribution in [2.75, 3.05) is 11.4 Å². The summed E-state index contributed by atoms with van der Waals surface area (Å²) in [5.74, 6) is -0.0767. The molecule has 0 aliphatic heterocycles. The molecule has 4 nitrogen and oxygen atoms in total. The van der Waals surface area contributed by atoms with Gasteiger partial charge in [-0.2, -0.15) is 0 Å². The normalized spacial score (nSPS) is 10.7. The SMILES string of the molecule is CCN(Cc1ccccc1)c1ccc(/C=C/C(=O)O)cn1. The van der Waals surface area contributed by atoms with Gasteiger partial charge in [-0.15, -0.1) is 0 Å². The molecular formula is C17H18N2O2. The summed E-state index contributed by atoms with van der Waals surface area (Å²) >= 11 is 0. The zero-order valence-electron chi connectivity index (χ0n) is 11.9. The molecule has 1 aromatic heterocycles. The summed E-state index contributed by atoms with van der Waals surface area (Å²) in [6, 6.07) is 14.0. The summed E-state index contributed by atoms with van der Waals surface area (Å²) < 4.78 is 0. The lowest BCUT2D eigenvalue weighted by Gasteiger charge is -2.22. The Bertz CT molecular complexity index is 606. The fraction of sp³-hybridized carbons (Fsp3) is 0.176. The predicted molar refractivity (Wildman–Crippen MR) is 84.1 cm³/mol. The number of aromatic nitrogens is 1. The molecular weight excluding hydrogens is 264 g/mol. The molecule has 0 radical (unpaired) electrons. The van der Waals surface area contributed by atoms with Crippen molar-refractivity contribution >= 4 is 17.9 Å². The van der Waals surface area contributed by atoms with Crippen molar-refractivity contribution in [3.05, 3.63) is 65.9 Å². The van der Waals surface area contributed by atoms with Crippen LogP contribution in [0.15, 0.2) is 54.7 Å². The van der Waals surface area contributed by atoms with Gasteiger partial charge in [-0.25, -0.2) is 9.78 Å². The molecule has 0 bridgehead atoms. The summed E-state index contributed by atoms with van der Waals surface area (Å²) in [5.41, 5.74) is 2.01. The van der Waals surface area contributed by atoms with Gasteiger partial charge in [0.25, 0.3) is 0 Å². The van der Waals surface area contributed by atoms with Crippen LogP contribution >= 0.6 is 0 Å². The van der Waals surface area contributed by atoms with Gasteiger partial charge >= 0.3 is 5.97 Å². The predicted octanol–water partition coefficient (Wildman–Crippen LogP) is 3.21. The minimum Gasteiger partial charge on any atom is -0.478 e. The fourth-order valence-electron chi connectivity index (χ4n) is 2.01. The summed E-state index contributed by atoms with van der Waals surface area (Å²) in [4.78, 5) is 17.1. The van der Waals surface area contributed by atoms with Crippen LogP contribution in [0.3, 0.4) is 0 Å². The highest BCUT2D eigenvalue weighted by Crippen LogP contribution is 2.15. The molecule has 0 fully saturated rings. The van der Waals surface area contributed by atoms with Crippen LogP contribution in [-0.4, -0.2) is 22.6 Å². The Kier molecular flexibility index (Phi) is 5.10. The maximum absolute atomic E-state index is 10.5. The van der Waals surface area contributed by atoms with Crippen molar-refractivity contribution < 1.29 is 9.90 Å². The van der Waals surface area contributed by atoms with Crippen LogP contribution in [-0.2, 0) is 11.3 Å². The van der Waals surface area contributed by atoms with Gasteiger partial charge in [-0.3, -0.25) is 0 Å². The van der Waals surface area contributed by atoms with E-state index in [-0.39, 0.29) is 0 Å². The molecule has 2 rings (SSSR count). The second-order valence-electron chi connectivity index (χ2n) is 4.62. The lowest BCUT2D eigenvalue weighted by atomic mass is 10.2. The average Bonchev–Trinajstić information content (AvgIpc) is 2.52. The van der Waals surface area contributed by atoms with Gasteiger partial charge in [0.15, 0.2) is 0 Å². The molecule has 21 heavy (non-hydrogen) atoms. The molecule has 0 saturated carbocycles. The topological polar surface area (TPSA) is 53.4 Å². The first-order valence-electron chi connectivity index (χ1n) is 6.85. The fourth-order valence-corrected chi connectivity index (χ4v) is 2.01. The number of pyridine rings is 1. The molecule has 1 N–H and O–H groups in total. The van der Waals surface area contributed by atoms with Crippen molar-refractivity contribution in [2.24, 2.45) is 0 Å². The molecule has 1 heterocycles. The number of hydrogen-bond acceptors (Lipinski definition) is 3. The van der Waals surface area contributed by atoms with Gasteiger partial charge in [0, 0.05) is 25.4 Å². The van der Waals surface area contributed by atoms with Crippen LogP contribution in [0.2, 0.25) is 0 Å². The van der Waals surface area contributed by atoms with Crippen molar-refractivity contribution in [1.82, 2.24) is 4.98 Å². The quantitative estimate of drug-likeness (QED) is 0.827. The Labute approximate surface area is 124 Å². The molecule has 0 aliphatic rings. The first-order chi connectivity index (χ1) is 10.2. The van der Waals surface area contributed by atoms with E-state index >= 15 is 0 Å². The van der Waals surface area contributed by atoms with Gasteiger partial charge in [0.2, 0.25) is 0 Å². The number of nitrogens with zero attached hydrogens (tertiary/aromatic N) is 2. The number of benzene rings is 1. The largest absolute Gasteiger partial charge is 0.478 e. The van der Waals surface area contributed by atoms with Crippen molar-refractivity contribution in [1.29, 1.82) is 0 Å². The second-order valence-corrected chi connectivity index (χ2v) is 4.62. The maximum atomic E-state index is 10.5. The lowest BCUT2D eigenvalue weighted by Crippen LogP contribution is -2.22. The van der Waals surface area contributed by atoms with Crippen molar-refractivity contribution in [2.45, 2.75) is 13.5 Å². The monoisotopic (exact) mass is 282 g/mol.